The highest BCUT2D eigenvalue weighted by Gasteiger charge is 2.31. The lowest BCUT2D eigenvalue weighted by atomic mass is 10.1. The number of allylic oxidation sites excluding steroid dienone is 8. The summed E-state index contributed by atoms with van der Waals surface area (Å²) >= 11 is 0. The number of hydrogen-bond acceptors (Lipinski definition) is 6. The van der Waals surface area contributed by atoms with Gasteiger partial charge in [0.05, 0.1) is 34.4 Å². The molecule has 0 saturated carbocycles. The maximum absolute atomic E-state index is 12.7. The predicted octanol–water partition coefficient (Wildman–Crippen LogP) is 11.2. The normalized spacial score (nSPS) is 13.5. The third-order valence-corrected chi connectivity index (χ3v) is 9.26. The summed E-state index contributed by atoms with van der Waals surface area (Å²) in [4.78, 5) is 36.9. The van der Waals surface area contributed by atoms with Crippen molar-refractivity contribution in [3.63, 3.8) is 0 Å². The largest absolute Gasteiger partial charge is 0.477 e. The first kappa shape index (κ1) is 50.3. The fourth-order valence-corrected chi connectivity index (χ4v) is 5.90. The quantitative estimate of drug-likeness (QED) is 0.0222. The van der Waals surface area contributed by atoms with E-state index in [1.807, 2.05) is 21.1 Å². The van der Waals surface area contributed by atoms with Crippen molar-refractivity contribution >= 4 is 17.9 Å². The number of nitrogens with zero attached hydrogens (tertiary/aromatic N) is 1. The highest BCUT2D eigenvalue weighted by molar-refractivity contribution is 5.72. The Morgan fingerprint density at radius 2 is 1.04 bits per heavy atom. The van der Waals surface area contributed by atoms with E-state index < -0.39 is 18.1 Å². The minimum atomic E-state index is -0.881. The van der Waals surface area contributed by atoms with Crippen molar-refractivity contribution < 1.29 is 38.2 Å². The smallest absolute Gasteiger partial charge is 0.362 e. The van der Waals surface area contributed by atoms with Crippen molar-refractivity contribution in [1.82, 2.24) is 0 Å². The minimum absolute atomic E-state index is 0.0500. The van der Waals surface area contributed by atoms with Gasteiger partial charge in [0.1, 0.15) is 6.61 Å². The first-order valence-corrected chi connectivity index (χ1v) is 21.2. The van der Waals surface area contributed by atoms with Crippen LogP contribution >= 0.6 is 0 Å². The zero-order chi connectivity index (χ0) is 39.3. The Bertz CT molecular complexity index is 1010. The molecule has 8 heteroatoms. The van der Waals surface area contributed by atoms with Crippen molar-refractivity contribution in [3.05, 3.63) is 48.6 Å². The van der Waals surface area contributed by atoms with Crippen LogP contribution in [0.15, 0.2) is 48.6 Å². The first-order valence-electron chi connectivity index (χ1n) is 21.2. The SMILES string of the molecule is CCCC/C=C/CCCCCCCC(=O)OC(COCCC(C(=O)O)[N+](C)(C)C)COC(=O)CCCCCCC/C=C/C=C/C=C/CCCCCCC. The Labute approximate surface area is 325 Å². The monoisotopic (exact) mass is 747 g/mol. The molecule has 0 spiro atoms. The molecular weight excluding hydrogens is 666 g/mol. The zero-order valence-corrected chi connectivity index (χ0v) is 34.7. The number of ether oxygens (including phenoxy) is 3. The molecule has 0 radical (unpaired) electrons. The molecule has 0 aliphatic carbocycles. The second-order valence-corrected chi connectivity index (χ2v) is 15.3. The number of carbonyl (C=O) groups is 3. The molecule has 306 valence electrons. The molecule has 2 atom stereocenters. The van der Waals surface area contributed by atoms with Crippen LogP contribution in [-0.2, 0) is 28.6 Å². The number of unbranched alkanes of at least 4 members (excludes halogenated alkanes) is 17. The fourth-order valence-electron chi connectivity index (χ4n) is 5.90. The molecule has 0 fully saturated rings. The highest BCUT2D eigenvalue weighted by atomic mass is 16.6. The van der Waals surface area contributed by atoms with Gasteiger partial charge in [0.15, 0.2) is 12.1 Å². The Hall–Kier alpha value is -2.71. The van der Waals surface area contributed by atoms with Crippen molar-refractivity contribution in [3.8, 4) is 0 Å². The Morgan fingerprint density at radius 1 is 0.566 bits per heavy atom. The van der Waals surface area contributed by atoms with E-state index in [9.17, 15) is 19.5 Å². The molecule has 0 aromatic carbocycles. The molecule has 0 aliphatic rings. The maximum atomic E-state index is 12.7. The molecule has 0 heterocycles. The predicted molar refractivity (Wildman–Crippen MR) is 220 cm³/mol. The summed E-state index contributed by atoms with van der Waals surface area (Å²) in [5.41, 5.74) is 0. The van der Waals surface area contributed by atoms with Gasteiger partial charge >= 0.3 is 17.9 Å². The number of carbonyl (C=O) groups excluding carboxylic acids is 2. The van der Waals surface area contributed by atoms with Crippen molar-refractivity contribution in [2.75, 3.05) is 41.0 Å². The molecular formula is C45H80NO7+. The van der Waals surface area contributed by atoms with Gasteiger partial charge < -0.3 is 23.8 Å². The summed E-state index contributed by atoms with van der Waals surface area (Å²) in [5, 5.41) is 9.60. The molecule has 0 aromatic heterocycles. The van der Waals surface area contributed by atoms with Gasteiger partial charge in [-0.15, -0.1) is 0 Å². The van der Waals surface area contributed by atoms with E-state index in [-0.39, 0.29) is 36.2 Å². The summed E-state index contributed by atoms with van der Waals surface area (Å²) in [6.07, 6.45) is 41.5. The molecule has 0 aliphatic heterocycles. The van der Waals surface area contributed by atoms with Crippen LogP contribution in [0.4, 0.5) is 0 Å². The molecule has 1 N–H and O–H groups in total. The summed E-state index contributed by atoms with van der Waals surface area (Å²) in [5.74, 6) is -1.51. The van der Waals surface area contributed by atoms with Crippen LogP contribution in [0.3, 0.4) is 0 Å². The average Bonchev–Trinajstić information content (AvgIpc) is 3.11. The molecule has 8 nitrogen and oxygen atoms in total. The number of carboxylic acid groups (broad SMARTS) is 1. The lowest BCUT2D eigenvalue weighted by Gasteiger charge is -2.31. The lowest BCUT2D eigenvalue weighted by molar-refractivity contribution is -0.887. The molecule has 53 heavy (non-hydrogen) atoms. The third-order valence-electron chi connectivity index (χ3n) is 9.26. The number of likely N-dealkylation sites (N-methyl/N-ethyl adjacent to an activating group) is 1. The molecule has 2 unspecified atom stereocenters. The standard InChI is InChI=1S/C45H79NO7/c1-6-8-10-12-14-16-18-19-20-21-22-23-24-26-27-29-31-33-35-43(47)52-40-41(39-51-38-37-42(45(49)50)46(3,4)5)53-44(48)36-34-32-30-28-25-17-15-13-11-9-7-2/h13,15,18-23,41-42H,6-12,14,16-17,24-40H2,1-5H3/p+1/b15-13+,19-18+,21-20+,23-22+. The van der Waals surface area contributed by atoms with Gasteiger partial charge in [-0.1, -0.05) is 140 Å². The maximum Gasteiger partial charge on any atom is 0.362 e. The number of quaternary nitrogens is 1. The summed E-state index contributed by atoms with van der Waals surface area (Å²) in [7, 11) is 5.51. The van der Waals surface area contributed by atoms with Gasteiger partial charge in [-0.2, -0.15) is 0 Å². The number of carboxylic acids is 1. The summed E-state index contributed by atoms with van der Waals surface area (Å²) in [6, 6.07) is -0.619. The van der Waals surface area contributed by atoms with E-state index in [1.54, 1.807) is 0 Å². The fraction of sp³-hybridized carbons (Fsp3) is 0.756. The van der Waals surface area contributed by atoms with E-state index in [0.29, 0.717) is 19.3 Å². The molecule has 0 saturated heterocycles. The van der Waals surface area contributed by atoms with Gasteiger partial charge in [0.25, 0.3) is 0 Å². The molecule has 0 amide bonds. The summed E-state index contributed by atoms with van der Waals surface area (Å²) < 4.78 is 17.2. The van der Waals surface area contributed by atoms with Crippen molar-refractivity contribution in [2.24, 2.45) is 0 Å². The molecule has 0 bridgehead atoms. The van der Waals surface area contributed by atoms with E-state index in [1.165, 1.54) is 51.4 Å². The Kier molecular flexibility index (Phi) is 34.4. The van der Waals surface area contributed by atoms with Gasteiger partial charge in [0.2, 0.25) is 0 Å². The number of aliphatic carboxylic acids is 1. The van der Waals surface area contributed by atoms with E-state index in [4.69, 9.17) is 14.2 Å². The van der Waals surface area contributed by atoms with Crippen LogP contribution in [0.5, 0.6) is 0 Å². The topological polar surface area (TPSA) is 99.1 Å². The second-order valence-electron chi connectivity index (χ2n) is 15.3. The van der Waals surface area contributed by atoms with Crippen LogP contribution in [-0.4, -0.2) is 80.6 Å². The van der Waals surface area contributed by atoms with Crippen LogP contribution in [0, 0.1) is 0 Å². The minimum Gasteiger partial charge on any atom is -0.477 e. The van der Waals surface area contributed by atoms with Gasteiger partial charge in [-0.05, 0) is 57.8 Å². The number of hydrogen-bond donors (Lipinski definition) is 1. The van der Waals surface area contributed by atoms with Gasteiger partial charge in [-0.25, -0.2) is 4.79 Å². The average molecular weight is 747 g/mol. The van der Waals surface area contributed by atoms with Gasteiger partial charge in [-0.3, -0.25) is 9.59 Å². The van der Waals surface area contributed by atoms with Gasteiger partial charge in [0, 0.05) is 19.3 Å². The first-order chi connectivity index (χ1) is 25.6. The molecule has 0 aromatic rings. The van der Waals surface area contributed by atoms with Crippen LogP contribution in [0.1, 0.15) is 168 Å². The van der Waals surface area contributed by atoms with E-state index in [0.717, 1.165) is 83.5 Å². The van der Waals surface area contributed by atoms with Crippen molar-refractivity contribution in [2.45, 2.75) is 180 Å². The van der Waals surface area contributed by atoms with E-state index in [2.05, 4.69) is 62.5 Å². The second kappa shape index (κ2) is 36.3. The van der Waals surface area contributed by atoms with Crippen molar-refractivity contribution in [1.29, 1.82) is 0 Å². The highest BCUT2D eigenvalue weighted by Crippen LogP contribution is 2.13. The Balaban J connectivity index is 4.39. The lowest BCUT2D eigenvalue weighted by Crippen LogP contribution is -2.50. The Morgan fingerprint density at radius 3 is 1.57 bits per heavy atom. The zero-order valence-electron chi connectivity index (χ0n) is 34.7. The molecule has 0 rings (SSSR count). The summed E-state index contributed by atoms with van der Waals surface area (Å²) in [6.45, 7) is 4.64. The van der Waals surface area contributed by atoms with Crippen LogP contribution in [0.2, 0.25) is 0 Å². The van der Waals surface area contributed by atoms with Crippen LogP contribution in [0.25, 0.3) is 0 Å². The third kappa shape index (κ3) is 34.8. The number of esters is 2. The van der Waals surface area contributed by atoms with Crippen LogP contribution < -0.4 is 0 Å². The van der Waals surface area contributed by atoms with E-state index >= 15 is 0 Å². The number of rotatable bonds is 37.